The van der Waals surface area contributed by atoms with Crippen LogP contribution < -0.4 is 5.32 Å². The van der Waals surface area contributed by atoms with E-state index >= 15 is 0 Å². The predicted octanol–water partition coefficient (Wildman–Crippen LogP) is 1.87. The van der Waals surface area contributed by atoms with Gasteiger partial charge in [0.1, 0.15) is 0 Å². The Hall–Kier alpha value is -0.220. The first-order chi connectivity index (χ1) is 8.29. The van der Waals surface area contributed by atoms with Crippen molar-refractivity contribution in [3.63, 3.8) is 0 Å². The van der Waals surface area contributed by atoms with E-state index in [1.165, 1.54) is 19.3 Å². The fourth-order valence-corrected chi connectivity index (χ4v) is 3.83. The van der Waals surface area contributed by atoms with Crippen molar-refractivity contribution >= 4 is 17.7 Å². The zero-order valence-corrected chi connectivity index (χ0v) is 11.6. The molecule has 17 heavy (non-hydrogen) atoms. The Bertz CT molecular complexity index is 254. The lowest BCUT2D eigenvalue weighted by molar-refractivity contribution is -0.131. The second-order valence-corrected chi connectivity index (χ2v) is 6.48. The molecule has 4 heteroatoms. The summed E-state index contributed by atoms with van der Waals surface area (Å²) in [5.41, 5.74) is 0. The topological polar surface area (TPSA) is 32.3 Å². The molecule has 2 fully saturated rings. The Morgan fingerprint density at radius 3 is 3.12 bits per heavy atom. The first-order valence-corrected chi connectivity index (χ1v) is 7.97. The summed E-state index contributed by atoms with van der Waals surface area (Å²) >= 11 is 2.02. The summed E-state index contributed by atoms with van der Waals surface area (Å²) in [6.45, 7) is 5.28. The van der Waals surface area contributed by atoms with Crippen molar-refractivity contribution in [1.82, 2.24) is 10.2 Å². The smallest absolute Gasteiger partial charge is 0.222 e. The van der Waals surface area contributed by atoms with E-state index in [-0.39, 0.29) is 0 Å². The van der Waals surface area contributed by atoms with Crippen LogP contribution in [0.1, 0.15) is 39.0 Å². The number of carbonyl (C=O) groups is 1. The highest BCUT2D eigenvalue weighted by Gasteiger charge is 2.23. The molecule has 2 saturated heterocycles. The molecule has 0 radical (unpaired) electrons. The van der Waals surface area contributed by atoms with Gasteiger partial charge in [0.2, 0.25) is 5.91 Å². The third-order valence-corrected chi connectivity index (χ3v) is 5.19. The van der Waals surface area contributed by atoms with E-state index in [9.17, 15) is 4.79 Å². The van der Waals surface area contributed by atoms with Gasteiger partial charge in [0, 0.05) is 36.6 Å². The van der Waals surface area contributed by atoms with Crippen molar-refractivity contribution in [1.29, 1.82) is 0 Å². The van der Waals surface area contributed by atoms with Gasteiger partial charge >= 0.3 is 0 Å². The second-order valence-electron chi connectivity index (χ2n) is 5.07. The lowest BCUT2D eigenvalue weighted by Crippen LogP contribution is -2.42. The predicted molar refractivity (Wildman–Crippen MR) is 73.4 cm³/mol. The molecule has 2 aliphatic rings. The van der Waals surface area contributed by atoms with E-state index in [1.54, 1.807) is 0 Å². The standard InChI is InChI=1S/C13H24N2OS/c1-2-12-10-15(8-9-17-12)13(16)6-5-11-4-3-7-14-11/h11-12,14H,2-10H2,1H3. The van der Waals surface area contributed by atoms with Crippen LogP contribution in [0.5, 0.6) is 0 Å². The summed E-state index contributed by atoms with van der Waals surface area (Å²) in [6.07, 6.45) is 5.47. The van der Waals surface area contributed by atoms with E-state index in [0.717, 1.165) is 38.2 Å². The molecule has 0 aromatic rings. The van der Waals surface area contributed by atoms with Gasteiger partial charge in [-0.3, -0.25) is 4.79 Å². The number of nitrogens with one attached hydrogen (secondary N) is 1. The van der Waals surface area contributed by atoms with E-state index in [4.69, 9.17) is 0 Å². The van der Waals surface area contributed by atoms with Crippen molar-refractivity contribution in [2.75, 3.05) is 25.4 Å². The van der Waals surface area contributed by atoms with Gasteiger partial charge in [-0.2, -0.15) is 11.8 Å². The first-order valence-electron chi connectivity index (χ1n) is 6.92. The van der Waals surface area contributed by atoms with E-state index < -0.39 is 0 Å². The van der Waals surface area contributed by atoms with Crippen LogP contribution in [0, 0.1) is 0 Å². The Morgan fingerprint density at radius 2 is 2.41 bits per heavy atom. The van der Waals surface area contributed by atoms with Crippen LogP contribution in [0.3, 0.4) is 0 Å². The molecule has 1 N–H and O–H groups in total. The highest BCUT2D eigenvalue weighted by Crippen LogP contribution is 2.22. The van der Waals surface area contributed by atoms with Gasteiger partial charge in [-0.1, -0.05) is 6.92 Å². The highest BCUT2D eigenvalue weighted by atomic mass is 32.2. The van der Waals surface area contributed by atoms with Crippen molar-refractivity contribution in [3.8, 4) is 0 Å². The average molecular weight is 256 g/mol. The fraction of sp³-hybridized carbons (Fsp3) is 0.923. The molecule has 1 amide bonds. The van der Waals surface area contributed by atoms with Crippen LogP contribution >= 0.6 is 11.8 Å². The third-order valence-electron chi connectivity index (χ3n) is 3.82. The lowest BCUT2D eigenvalue weighted by atomic mass is 10.1. The summed E-state index contributed by atoms with van der Waals surface area (Å²) < 4.78 is 0. The minimum atomic E-state index is 0.373. The molecule has 2 atom stereocenters. The molecular formula is C13H24N2OS. The molecule has 0 aromatic carbocycles. The van der Waals surface area contributed by atoms with Gasteiger partial charge in [0.25, 0.3) is 0 Å². The fourth-order valence-electron chi connectivity index (χ4n) is 2.65. The number of hydrogen-bond acceptors (Lipinski definition) is 3. The number of carbonyl (C=O) groups excluding carboxylic acids is 1. The molecule has 0 spiro atoms. The molecular weight excluding hydrogens is 232 g/mol. The highest BCUT2D eigenvalue weighted by molar-refractivity contribution is 8.00. The van der Waals surface area contributed by atoms with Gasteiger partial charge < -0.3 is 10.2 Å². The van der Waals surface area contributed by atoms with Gasteiger partial charge in [-0.25, -0.2) is 0 Å². The Kier molecular flexibility index (Phi) is 5.16. The number of thioether (sulfide) groups is 1. The number of hydrogen-bond donors (Lipinski definition) is 1. The SMILES string of the molecule is CCC1CN(C(=O)CCC2CCCN2)CCS1. The summed E-state index contributed by atoms with van der Waals surface area (Å²) in [5.74, 6) is 1.49. The van der Waals surface area contributed by atoms with Gasteiger partial charge in [-0.05, 0) is 32.2 Å². The maximum Gasteiger partial charge on any atom is 0.222 e. The quantitative estimate of drug-likeness (QED) is 0.833. The monoisotopic (exact) mass is 256 g/mol. The molecule has 2 rings (SSSR count). The molecule has 0 aliphatic carbocycles. The second kappa shape index (κ2) is 6.64. The lowest BCUT2D eigenvalue weighted by Gasteiger charge is -2.32. The van der Waals surface area contributed by atoms with Crippen molar-refractivity contribution in [2.24, 2.45) is 0 Å². The molecule has 2 heterocycles. The van der Waals surface area contributed by atoms with Crippen LogP contribution in [0.25, 0.3) is 0 Å². The van der Waals surface area contributed by atoms with Crippen molar-refractivity contribution in [3.05, 3.63) is 0 Å². The number of nitrogens with zero attached hydrogens (tertiary/aromatic N) is 1. The zero-order chi connectivity index (χ0) is 12.1. The number of amides is 1. The summed E-state index contributed by atoms with van der Waals surface area (Å²) in [4.78, 5) is 14.2. The maximum absolute atomic E-state index is 12.1. The maximum atomic E-state index is 12.1. The molecule has 2 aliphatic heterocycles. The van der Waals surface area contributed by atoms with Crippen LogP contribution in [0.15, 0.2) is 0 Å². The van der Waals surface area contributed by atoms with Crippen molar-refractivity contribution in [2.45, 2.75) is 50.3 Å². The molecule has 3 nitrogen and oxygen atoms in total. The average Bonchev–Trinajstić information content (AvgIpc) is 2.89. The zero-order valence-electron chi connectivity index (χ0n) is 10.8. The van der Waals surface area contributed by atoms with Gasteiger partial charge in [0.15, 0.2) is 0 Å². The minimum Gasteiger partial charge on any atom is -0.341 e. The first kappa shape index (κ1) is 13.2. The normalized spacial score (nSPS) is 29.6. The van der Waals surface area contributed by atoms with E-state index in [0.29, 0.717) is 17.2 Å². The van der Waals surface area contributed by atoms with Crippen LogP contribution in [-0.2, 0) is 4.79 Å². The molecule has 0 aromatic heterocycles. The molecule has 0 saturated carbocycles. The Morgan fingerprint density at radius 1 is 1.53 bits per heavy atom. The molecule has 0 bridgehead atoms. The van der Waals surface area contributed by atoms with Crippen molar-refractivity contribution < 1.29 is 4.79 Å². The van der Waals surface area contributed by atoms with Crippen LogP contribution in [-0.4, -0.2) is 47.5 Å². The third kappa shape index (κ3) is 3.88. The largest absolute Gasteiger partial charge is 0.341 e. The molecule has 2 unspecified atom stereocenters. The number of rotatable bonds is 4. The van der Waals surface area contributed by atoms with Gasteiger partial charge in [-0.15, -0.1) is 0 Å². The Balaban J connectivity index is 1.71. The summed E-state index contributed by atoms with van der Waals surface area (Å²) in [6, 6.07) is 0.597. The van der Waals surface area contributed by atoms with E-state index in [1.807, 2.05) is 11.8 Å². The summed E-state index contributed by atoms with van der Waals surface area (Å²) in [7, 11) is 0. The van der Waals surface area contributed by atoms with E-state index in [2.05, 4.69) is 17.1 Å². The van der Waals surface area contributed by atoms with Crippen LogP contribution in [0.2, 0.25) is 0 Å². The van der Waals surface area contributed by atoms with Gasteiger partial charge in [0.05, 0.1) is 0 Å². The summed E-state index contributed by atoms with van der Waals surface area (Å²) in [5, 5.41) is 4.12. The Labute approximate surface area is 109 Å². The van der Waals surface area contributed by atoms with Crippen LogP contribution in [0.4, 0.5) is 0 Å². The molecule has 98 valence electrons. The minimum absolute atomic E-state index is 0.373.